The van der Waals surface area contributed by atoms with Crippen molar-refractivity contribution in [1.29, 1.82) is 0 Å². The first-order valence-electron chi connectivity index (χ1n) is 8.26. The van der Waals surface area contributed by atoms with Crippen LogP contribution in [0, 0.1) is 17.8 Å². The van der Waals surface area contributed by atoms with E-state index in [9.17, 15) is 4.79 Å². The van der Waals surface area contributed by atoms with Gasteiger partial charge in [-0.3, -0.25) is 4.79 Å². The number of hydrogen-bond acceptors (Lipinski definition) is 1. The van der Waals surface area contributed by atoms with Gasteiger partial charge in [-0.15, -0.1) is 0 Å². The van der Waals surface area contributed by atoms with E-state index in [0.29, 0.717) is 0 Å². The van der Waals surface area contributed by atoms with Crippen molar-refractivity contribution in [3.63, 3.8) is 0 Å². The standard InChI is InChI=1S/C19H23NO/c21-18(7-6-14-4-2-1-3-5-14)20-19-11-15-8-16(12-19)10-17(9-15)13-19/h1-7,15-17H,8-13H2,(H,20,21). The lowest BCUT2D eigenvalue weighted by Crippen LogP contribution is -2.59. The van der Waals surface area contributed by atoms with Crippen LogP contribution in [0.1, 0.15) is 44.1 Å². The summed E-state index contributed by atoms with van der Waals surface area (Å²) in [5, 5.41) is 3.37. The maximum atomic E-state index is 12.3. The molecule has 4 aliphatic rings. The molecule has 1 N–H and O–H groups in total. The van der Waals surface area contributed by atoms with E-state index in [4.69, 9.17) is 0 Å². The highest BCUT2D eigenvalue weighted by molar-refractivity contribution is 5.92. The SMILES string of the molecule is O=C(C=Cc1ccccc1)NC12CC3CC(CC(C3)C1)C2. The zero-order valence-electron chi connectivity index (χ0n) is 12.4. The molecule has 21 heavy (non-hydrogen) atoms. The molecule has 4 bridgehead atoms. The zero-order chi connectivity index (χ0) is 14.3. The Labute approximate surface area is 126 Å². The van der Waals surface area contributed by atoms with Crippen molar-refractivity contribution < 1.29 is 4.79 Å². The molecule has 0 aliphatic heterocycles. The summed E-state index contributed by atoms with van der Waals surface area (Å²) in [7, 11) is 0. The Balaban J connectivity index is 1.44. The van der Waals surface area contributed by atoms with Gasteiger partial charge in [-0.05, 0) is 67.9 Å². The smallest absolute Gasteiger partial charge is 0.244 e. The Morgan fingerprint density at radius 1 is 1.00 bits per heavy atom. The fourth-order valence-corrected chi connectivity index (χ4v) is 5.30. The number of amides is 1. The summed E-state index contributed by atoms with van der Waals surface area (Å²) in [6.07, 6.45) is 11.5. The number of nitrogens with one attached hydrogen (secondary N) is 1. The van der Waals surface area contributed by atoms with E-state index >= 15 is 0 Å². The van der Waals surface area contributed by atoms with Gasteiger partial charge < -0.3 is 5.32 Å². The van der Waals surface area contributed by atoms with Gasteiger partial charge in [-0.1, -0.05) is 30.3 Å². The van der Waals surface area contributed by atoms with Crippen LogP contribution in [0.25, 0.3) is 6.08 Å². The number of carbonyl (C=O) groups excluding carboxylic acids is 1. The Morgan fingerprint density at radius 3 is 2.14 bits per heavy atom. The molecule has 0 spiro atoms. The molecule has 2 heteroatoms. The third-order valence-electron chi connectivity index (χ3n) is 5.65. The fraction of sp³-hybridized carbons (Fsp3) is 0.526. The van der Waals surface area contributed by atoms with Crippen molar-refractivity contribution in [3.8, 4) is 0 Å². The first kappa shape index (κ1) is 13.1. The summed E-state index contributed by atoms with van der Waals surface area (Å²) < 4.78 is 0. The summed E-state index contributed by atoms with van der Waals surface area (Å²) in [4.78, 5) is 12.3. The van der Waals surface area contributed by atoms with Crippen molar-refractivity contribution >= 4 is 12.0 Å². The normalized spacial score (nSPS) is 37.0. The molecule has 0 heterocycles. The van der Waals surface area contributed by atoms with E-state index in [1.807, 2.05) is 36.4 Å². The van der Waals surface area contributed by atoms with Gasteiger partial charge in [0, 0.05) is 11.6 Å². The highest BCUT2D eigenvalue weighted by Crippen LogP contribution is 2.55. The molecule has 0 atom stereocenters. The highest BCUT2D eigenvalue weighted by Gasteiger charge is 2.51. The molecule has 1 amide bonds. The number of carbonyl (C=O) groups is 1. The lowest BCUT2D eigenvalue weighted by Gasteiger charge is -2.56. The van der Waals surface area contributed by atoms with E-state index in [0.717, 1.165) is 23.3 Å². The molecule has 0 saturated heterocycles. The summed E-state index contributed by atoms with van der Waals surface area (Å²) in [5.74, 6) is 2.69. The second-order valence-electron chi connectivity index (χ2n) is 7.43. The average Bonchev–Trinajstić information content (AvgIpc) is 2.44. The van der Waals surface area contributed by atoms with Gasteiger partial charge in [0.05, 0.1) is 0 Å². The first-order chi connectivity index (χ1) is 10.2. The maximum Gasteiger partial charge on any atom is 0.244 e. The molecule has 5 rings (SSSR count). The molecule has 1 aromatic carbocycles. The molecule has 2 nitrogen and oxygen atoms in total. The Hall–Kier alpha value is -1.57. The van der Waals surface area contributed by atoms with Crippen molar-refractivity contribution in [1.82, 2.24) is 5.32 Å². The highest BCUT2D eigenvalue weighted by atomic mass is 16.1. The minimum Gasteiger partial charge on any atom is -0.347 e. The first-order valence-corrected chi connectivity index (χ1v) is 8.26. The van der Waals surface area contributed by atoms with Crippen LogP contribution >= 0.6 is 0 Å². The monoisotopic (exact) mass is 281 g/mol. The number of benzene rings is 1. The van der Waals surface area contributed by atoms with Gasteiger partial charge in [-0.25, -0.2) is 0 Å². The summed E-state index contributed by atoms with van der Waals surface area (Å²) in [5.41, 5.74) is 1.20. The predicted octanol–water partition coefficient (Wildman–Crippen LogP) is 3.78. The van der Waals surface area contributed by atoms with Crippen LogP contribution in [0.5, 0.6) is 0 Å². The van der Waals surface area contributed by atoms with Crippen LogP contribution in [0.15, 0.2) is 36.4 Å². The molecule has 4 saturated carbocycles. The van der Waals surface area contributed by atoms with Gasteiger partial charge >= 0.3 is 0 Å². The van der Waals surface area contributed by atoms with Crippen molar-refractivity contribution in [2.24, 2.45) is 17.8 Å². The molecule has 0 aromatic heterocycles. The molecule has 0 radical (unpaired) electrons. The van der Waals surface area contributed by atoms with Gasteiger partial charge in [0.15, 0.2) is 0 Å². The van der Waals surface area contributed by atoms with Gasteiger partial charge in [-0.2, -0.15) is 0 Å². The van der Waals surface area contributed by atoms with Crippen LogP contribution in [0.3, 0.4) is 0 Å². The van der Waals surface area contributed by atoms with Gasteiger partial charge in [0.2, 0.25) is 5.91 Å². The summed E-state index contributed by atoms with van der Waals surface area (Å²) >= 11 is 0. The van der Waals surface area contributed by atoms with E-state index in [1.165, 1.54) is 38.5 Å². The van der Waals surface area contributed by atoms with Crippen LogP contribution in [-0.4, -0.2) is 11.4 Å². The van der Waals surface area contributed by atoms with Crippen LogP contribution in [-0.2, 0) is 4.79 Å². The van der Waals surface area contributed by atoms with Gasteiger partial charge in [0.1, 0.15) is 0 Å². The molecule has 4 aliphatic carbocycles. The largest absolute Gasteiger partial charge is 0.347 e. The summed E-state index contributed by atoms with van der Waals surface area (Å²) in [6, 6.07) is 10.0. The van der Waals surface area contributed by atoms with E-state index in [2.05, 4.69) is 5.32 Å². The van der Waals surface area contributed by atoms with Crippen LogP contribution in [0.2, 0.25) is 0 Å². The fourth-order valence-electron chi connectivity index (χ4n) is 5.30. The number of rotatable bonds is 3. The lowest BCUT2D eigenvalue weighted by atomic mass is 9.53. The topological polar surface area (TPSA) is 29.1 Å². The zero-order valence-corrected chi connectivity index (χ0v) is 12.4. The Morgan fingerprint density at radius 2 is 1.57 bits per heavy atom. The lowest BCUT2D eigenvalue weighted by molar-refractivity contribution is -0.122. The van der Waals surface area contributed by atoms with Crippen LogP contribution in [0.4, 0.5) is 0 Å². The van der Waals surface area contributed by atoms with Crippen LogP contribution < -0.4 is 5.32 Å². The third kappa shape index (κ3) is 2.64. The molecule has 1 aromatic rings. The minimum absolute atomic E-state index is 0.0841. The Bertz CT molecular complexity index is 525. The average molecular weight is 281 g/mol. The van der Waals surface area contributed by atoms with E-state index in [1.54, 1.807) is 6.08 Å². The maximum absolute atomic E-state index is 12.3. The Kier molecular flexibility index (Phi) is 3.13. The van der Waals surface area contributed by atoms with Gasteiger partial charge in [0.25, 0.3) is 0 Å². The molecule has 4 fully saturated rings. The third-order valence-corrected chi connectivity index (χ3v) is 5.65. The van der Waals surface area contributed by atoms with E-state index < -0.39 is 0 Å². The second kappa shape index (κ2) is 5.01. The molecular formula is C19H23NO. The van der Waals surface area contributed by atoms with Crippen molar-refractivity contribution in [2.45, 2.75) is 44.1 Å². The predicted molar refractivity (Wildman–Crippen MR) is 84.5 cm³/mol. The molecular weight excluding hydrogens is 258 g/mol. The second-order valence-corrected chi connectivity index (χ2v) is 7.43. The van der Waals surface area contributed by atoms with E-state index in [-0.39, 0.29) is 11.4 Å². The molecule has 0 unspecified atom stereocenters. The van der Waals surface area contributed by atoms with Crippen molar-refractivity contribution in [2.75, 3.05) is 0 Å². The number of hydrogen-bond donors (Lipinski definition) is 1. The molecule has 110 valence electrons. The quantitative estimate of drug-likeness (QED) is 0.839. The van der Waals surface area contributed by atoms with Crippen molar-refractivity contribution in [3.05, 3.63) is 42.0 Å². The minimum atomic E-state index is 0.0841. The summed E-state index contributed by atoms with van der Waals surface area (Å²) in [6.45, 7) is 0.